The number of aromatic nitrogens is 2. The van der Waals surface area contributed by atoms with Gasteiger partial charge in [0.25, 0.3) is 0 Å². The largest absolute Gasteiger partial charge is 0.467 e. The lowest BCUT2D eigenvalue weighted by molar-refractivity contribution is 0.0984. The van der Waals surface area contributed by atoms with Gasteiger partial charge in [0.15, 0.2) is 0 Å². The van der Waals surface area contributed by atoms with Gasteiger partial charge in [-0.05, 0) is 13.8 Å². The Hall–Kier alpha value is -1.36. The molecule has 2 heterocycles. The Kier molecular flexibility index (Phi) is 3.24. The Bertz CT molecular complexity index is 370. The first-order valence-corrected chi connectivity index (χ1v) is 5.45. The van der Waals surface area contributed by atoms with E-state index in [9.17, 15) is 0 Å². The molecular weight excluding hydrogens is 206 g/mol. The summed E-state index contributed by atoms with van der Waals surface area (Å²) in [6.07, 6.45) is 0. The highest BCUT2D eigenvalue weighted by molar-refractivity contribution is 5.42. The van der Waals surface area contributed by atoms with Crippen molar-refractivity contribution >= 4 is 5.82 Å². The predicted octanol–water partition coefficient (Wildman–Crippen LogP) is 1.02. The maximum Gasteiger partial charge on any atom is 0.318 e. The minimum absolute atomic E-state index is 0.341. The molecular formula is C11H17N3O2. The van der Waals surface area contributed by atoms with Crippen molar-refractivity contribution in [1.82, 2.24) is 9.97 Å². The second-order valence-electron chi connectivity index (χ2n) is 3.97. The fraction of sp³-hybridized carbons (Fsp3) is 0.636. The van der Waals surface area contributed by atoms with Crippen molar-refractivity contribution in [1.29, 1.82) is 0 Å². The molecule has 2 rings (SSSR count). The van der Waals surface area contributed by atoms with E-state index in [0.717, 1.165) is 31.3 Å². The number of hydrogen-bond acceptors (Lipinski definition) is 5. The zero-order valence-electron chi connectivity index (χ0n) is 9.93. The molecule has 88 valence electrons. The molecule has 1 saturated heterocycles. The van der Waals surface area contributed by atoms with Gasteiger partial charge in [-0.2, -0.15) is 4.98 Å². The Morgan fingerprint density at radius 2 is 2.31 bits per heavy atom. The van der Waals surface area contributed by atoms with Crippen molar-refractivity contribution in [2.75, 3.05) is 31.8 Å². The first-order chi connectivity index (χ1) is 7.70. The lowest BCUT2D eigenvalue weighted by Gasteiger charge is -2.34. The summed E-state index contributed by atoms with van der Waals surface area (Å²) in [5, 5.41) is 0. The van der Waals surface area contributed by atoms with Crippen molar-refractivity contribution in [3.05, 3.63) is 11.8 Å². The third kappa shape index (κ3) is 2.24. The van der Waals surface area contributed by atoms with Crippen LogP contribution in [0.3, 0.4) is 0 Å². The van der Waals surface area contributed by atoms with Crippen LogP contribution in [0.5, 0.6) is 6.01 Å². The molecule has 1 unspecified atom stereocenters. The van der Waals surface area contributed by atoms with Crippen LogP contribution in [0.25, 0.3) is 0 Å². The highest BCUT2D eigenvalue weighted by Crippen LogP contribution is 2.20. The van der Waals surface area contributed by atoms with Crippen LogP contribution >= 0.6 is 0 Å². The topological polar surface area (TPSA) is 47.5 Å². The van der Waals surface area contributed by atoms with E-state index in [4.69, 9.17) is 9.47 Å². The van der Waals surface area contributed by atoms with Crippen molar-refractivity contribution in [2.24, 2.45) is 0 Å². The van der Waals surface area contributed by atoms with Gasteiger partial charge in [-0.3, -0.25) is 0 Å². The smallest absolute Gasteiger partial charge is 0.318 e. The van der Waals surface area contributed by atoms with Crippen molar-refractivity contribution in [3.8, 4) is 6.01 Å². The second kappa shape index (κ2) is 4.65. The van der Waals surface area contributed by atoms with Gasteiger partial charge in [-0.1, -0.05) is 0 Å². The minimum atomic E-state index is 0.341. The highest BCUT2D eigenvalue weighted by atomic mass is 16.5. The third-order valence-corrected chi connectivity index (χ3v) is 2.66. The molecule has 5 nitrogen and oxygen atoms in total. The molecule has 0 radical (unpaired) electrons. The number of ether oxygens (including phenoxy) is 2. The standard InChI is InChI=1S/C11H17N3O2/c1-8-6-10(13-11(12-8)15-3)14-4-5-16-7-9(14)2/h6,9H,4-5,7H2,1-3H3. The summed E-state index contributed by atoms with van der Waals surface area (Å²) in [7, 11) is 1.58. The molecule has 0 saturated carbocycles. The van der Waals surface area contributed by atoms with Crippen LogP contribution < -0.4 is 9.64 Å². The average molecular weight is 223 g/mol. The molecule has 1 atom stereocenters. The molecule has 16 heavy (non-hydrogen) atoms. The number of nitrogens with zero attached hydrogens (tertiary/aromatic N) is 3. The zero-order valence-corrected chi connectivity index (χ0v) is 9.93. The monoisotopic (exact) mass is 223 g/mol. The number of aryl methyl sites for hydroxylation is 1. The van der Waals surface area contributed by atoms with Gasteiger partial charge >= 0.3 is 6.01 Å². The van der Waals surface area contributed by atoms with E-state index >= 15 is 0 Å². The second-order valence-corrected chi connectivity index (χ2v) is 3.97. The van der Waals surface area contributed by atoms with Gasteiger partial charge in [0, 0.05) is 18.3 Å². The van der Waals surface area contributed by atoms with E-state index in [0.29, 0.717) is 12.1 Å². The van der Waals surface area contributed by atoms with E-state index < -0.39 is 0 Å². The van der Waals surface area contributed by atoms with Crippen LogP contribution in [0.2, 0.25) is 0 Å². The quantitative estimate of drug-likeness (QED) is 0.749. The van der Waals surface area contributed by atoms with Crippen LogP contribution in [0.4, 0.5) is 5.82 Å². The van der Waals surface area contributed by atoms with Crippen molar-refractivity contribution in [3.63, 3.8) is 0 Å². The van der Waals surface area contributed by atoms with Gasteiger partial charge < -0.3 is 14.4 Å². The highest BCUT2D eigenvalue weighted by Gasteiger charge is 2.21. The van der Waals surface area contributed by atoms with Crippen molar-refractivity contribution < 1.29 is 9.47 Å². The Morgan fingerprint density at radius 1 is 1.50 bits per heavy atom. The van der Waals surface area contributed by atoms with Gasteiger partial charge in [-0.25, -0.2) is 4.98 Å². The Balaban J connectivity index is 2.27. The summed E-state index contributed by atoms with van der Waals surface area (Å²) in [4.78, 5) is 10.8. The summed E-state index contributed by atoms with van der Waals surface area (Å²) >= 11 is 0. The van der Waals surface area contributed by atoms with Crippen LogP contribution in [0.1, 0.15) is 12.6 Å². The van der Waals surface area contributed by atoms with Gasteiger partial charge in [0.05, 0.1) is 26.4 Å². The number of hydrogen-bond donors (Lipinski definition) is 0. The lowest BCUT2D eigenvalue weighted by atomic mass is 10.2. The molecule has 1 aromatic rings. The number of methoxy groups -OCH3 is 1. The third-order valence-electron chi connectivity index (χ3n) is 2.66. The van der Waals surface area contributed by atoms with E-state index in [2.05, 4.69) is 21.8 Å². The summed E-state index contributed by atoms with van der Waals surface area (Å²) in [5.74, 6) is 0.917. The molecule has 0 N–H and O–H groups in total. The van der Waals surface area contributed by atoms with Crippen LogP contribution in [0.15, 0.2) is 6.07 Å². The number of anilines is 1. The summed E-state index contributed by atoms with van der Waals surface area (Å²) in [6, 6.07) is 2.74. The molecule has 0 bridgehead atoms. The maximum absolute atomic E-state index is 5.40. The lowest BCUT2D eigenvalue weighted by Crippen LogP contribution is -2.44. The zero-order chi connectivity index (χ0) is 11.5. The number of rotatable bonds is 2. The fourth-order valence-electron chi connectivity index (χ4n) is 1.83. The summed E-state index contributed by atoms with van der Waals surface area (Å²) in [5.41, 5.74) is 0.917. The minimum Gasteiger partial charge on any atom is -0.467 e. The summed E-state index contributed by atoms with van der Waals surface area (Å²) < 4.78 is 10.5. The molecule has 1 fully saturated rings. The molecule has 0 amide bonds. The summed E-state index contributed by atoms with van der Waals surface area (Å²) in [6.45, 7) is 6.42. The molecule has 0 spiro atoms. The molecule has 1 aliphatic heterocycles. The Labute approximate surface area is 95.4 Å². The van der Waals surface area contributed by atoms with Gasteiger partial charge in [-0.15, -0.1) is 0 Å². The van der Waals surface area contributed by atoms with Crippen molar-refractivity contribution in [2.45, 2.75) is 19.9 Å². The molecule has 0 aliphatic carbocycles. The fourth-order valence-corrected chi connectivity index (χ4v) is 1.83. The van der Waals surface area contributed by atoms with Crippen LogP contribution in [-0.2, 0) is 4.74 Å². The van der Waals surface area contributed by atoms with E-state index in [1.54, 1.807) is 7.11 Å². The molecule has 0 aromatic carbocycles. The molecule has 5 heteroatoms. The van der Waals surface area contributed by atoms with E-state index in [-0.39, 0.29) is 0 Å². The predicted molar refractivity (Wildman–Crippen MR) is 60.9 cm³/mol. The first-order valence-electron chi connectivity index (χ1n) is 5.45. The first kappa shape index (κ1) is 11.1. The molecule has 1 aromatic heterocycles. The number of morpholine rings is 1. The normalized spacial score (nSPS) is 20.9. The van der Waals surface area contributed by atoms with Crippen LogP contribution in [-0.4, -0.2) is 42.9 Å². The van der Waals surface area contributed by atoms with Crippen LogP contribution in [0, 0.1) is 6.92 Å². The Morgan fingerprint density at radius 3 is 3.00 bits per heavy atom. The maximum atomic E-state index is 5.40. The van der Waals surface area contributed by atoms with Gasteiger partial charge in [0.2, 0.25) is 0 Å². The SMILES string of the molecule is COc1nc(C)cc(N2CCOCC2C)n1. The van der Waals surface area contributed by atoms with E-state index in [1.165, 1.54) is 0 Å². The van der Waals surface area contributed by atoms with E-state index in [1.807, 2.05) is 13.0 Å². The van der Waals surface area contributed by atoms with Gasteiger partial charge in [0.1, 0.15) is 5.82 Å². The average Bonchev–Trinajstić information content (AvgIpc) is 2.28. The molecule has 1 aliphatic rings.